The Morgan fingerprint density at radius 3 is 2.50 bits per heavy atom. The van der Waals surface area contributed by atoms with Crippen molar-refractivity contribution in [1.82, 2.24) is 0 Å². The smallest absolute Gasteiger partial charge is 0.350 e. The number of esters is 1. The van der Waals surface area contributed by atoms with Crippen molar-refractivity contribution in [2.75, 3.05) is 0 Å². The molecule has 0 spiro atoms. The lowest BCUT2D eigenvalue weighted by molar-refractivity contribution is -0.160. The third-order valence-corrected chi connectivity index (χ3v) is 4.34. The second-order valence-corrected chi connectivity index (χ2v) is 6.92. The molecule has 28 heavy (non-hydrogen) atoms. The molecule has 0 saturated heterocycles. The number of rotatable bonds is 6. The summed E-state index contributed by atoms with van der Waals surface area (Å²) >= 11 is 0. The molecule has 2 aromatic carbocycles. The summed E-state index contributed by atoms with van der Waals surface area (Å²) in [5, 5.41) is 0.710. The molecular formula is C22H21FO5. The van der Waals surface area contributed by atoms with Crippen LogP contribution < -0.4 is 10.4 Å². The van der Waals surface area contributed by atoms with E-state index in [1.54, 1.807) is 13.8 Å². The molecule has 0 amide bonds. The SMILES string of the molecule is CCc1ccc2c(COC(=O)C(C)(C)Oc3ccc(F)cc3)cc(=O)oc2c1. The maximum Gasteiger partial charge on any atom is 0.350 e. The van der Waals surface area contributed by atoms with E-state index in [4.69, 9.17) is 13.9 Å². The maximum absolute atomic E-state index is 13.0. The Hall–Kier alpha value is -3.15. The summed E-state index contributed by atoms with van der Waals surface area (Å²) in [6, 6.07) is 12.3. The monoisotopic (exact) mass is 384 g/mol. The Kier molecular flexibility index (Phi) is 5.49. The third kappa shape index (κ3) is 4.39. The number of hydrogen-bond donors (Lipinski definition) is 0. The van der Waals surface area contributed by atoms with E-state index in [1.807, 2.05) is 25.1 Å². The van der Waals surface area contributed by atoms with E-state index in [2.05, 4.69) is 0 Å². The zero-order chi connectivity index (χ0) is 20.3. The number of carbonyl (C=O) groups is 1. The number of aryl methyl sites for hydroxylation is 1. The molecule has 0 aliphatic carbocycles. The number of ether oxygens (including phenoxy) is 2. The lowest BCUT2D eigenvalue weighted by Crippen LogP contribution is -2.39. The van der Waals surface area contributed by atoms with Gasteiger partial charge in [-0.05, 0) is 56.2 Å². The highest BCUT2D eigenvalue weighted by Crippen LogP contribution is 2.23. The minimum absolute atomic E-state index is 0.0946. The fourth-order valence-corrected chi connectivity index (χ4v) is 2.77. The normalized spacial score (nSPS) is 11.4. The standard InChI is InChI=1S/C22H21FO5/c1-4-14-5-10-18-15(12-20(24)27-19(18)11-14)13-26-21(25)22(2,3)28-17-8-6-16(23)7-9-17/h5-12H,4,13H2,1-3H3. The van der Waals surface area contributed by atoms with Crippen LogP contribution in [-0.2, 0) is 22.6 Å². The van der Waals surface area contributed by atoms with Gasteiger partial charge in [0.15, 0.2) is 5.60 Å². The van der Waals surface area contributed by atoms with E-state index in [9.17, 15) is 14.0 Å². The van der Waals surface area contributed by atoms with E-state index in [-0.39, 0.29) is 6.61 Å². The second kappa shape index (κ2) is 7.84. The molecule has 0 aliphatic rings. The van der Waals surface area contributed by atoms with Gasteiger partial charge in [0, 0.05) is 17.0 Å². The minimum atomic E-state index is -1.29. The van der Waals surface area contributed by atoms with E-state index >= 15 is 0 Å². The molecule has 0 unspecified atom stereocenters. The Bertz CT molecular complexity index is 1050. The van der Waals surface area contributed by atoms with Crippen LogP contribution in [0.4, 0.5) is 4.39 Å². The molecular weight excluding hydrogens is 363 g/mol. The topological polar surface area (TPSA) is 65.7 Å². The Labute approximate surface area is 161 Å². The molecule has 3 rings (SSSR count). The Morgan fingerprint density at radius 2 is 1.82 bits per heavy atom. The lowest BCUT2D eigenvalue weighted by atomic mass is 10.1. The van der Waals surface area contributed by atoms with E-state index < -0.39 is 23.0 Å². The van der Waals surface area contributed by atoms with Crippen LogP contribution in [-0.4, -0.2) is 11.6 Å². The molecule has 0 radical (unpaired) electrons. The predicted octanol–water partition coefficient (Wildman–Crippen LogP) is 4.40. The second-order valence-electron chi connectivity index (χ2n) is 6.92. The van der Waals surface area contributed by atoms with Crippen LogP contribution in [0.1, 0.15) is 31.9 Å². The summed E-state index contributed by atoms with van der Waals surface area (Å²) in [4.78, 5) is 24.4. The van der Waals surface area contributed by atoms with Gasteiger partial charge in [0.1, 0.15) is 23.8 Å². The van der Waals surface area contributed by atoms with Crippen molar-refractivity contribution in [3.8, 4) is 5.75 Å². The maximum atomic E-state index is 13.0. The number of hydrogen-bond acceptors (Lipinski definition) is 5. The number of fused-ring (bicyclic) bond motifs is 1. The average Bonchev–Trinajstić information content (AvgIpc) is 2.66. The zero-order valence-corrected chi connectivity index (χ0v) is 16.0. The van der Waals surface area contributed by atoms with Crippen molar-refractivity contribution in [3.63, 3.8) is 0 Å². The first-order valence-electron chi connectivity index (χ1n) is 8.96. The molecule has 0 aliphatic heterocycles. The summed E-state index contributed by atoms with van der Waals surface area (Å²) in [6.45, 7) is 5.03. The lowest BCUT2D eigenvalue weighted by Gasteiger charge is -2.24. The molecule has 0 N–H and O–H groups in total. The highest BCUT2D eigenvalue weighted by molar-refractivity contribution is 5.82. The molecule has 0 atom stereocenters. The third-order valence-electron chi connectivity index (χ3n) is 4.34. The molecule has 0 saturated carbocycles. The van der Waals surface area contributed by atoms with Gasteiger partial charge in [-0.1, -0.05) is 19.1 Å². The molecule has 1 heterocycles. The van der Waals surface area contributed by atoms with Crippen LogP contribution in [0.25, 0.3) is 11.0 Å². The number of halogens is 1. The van der Waals surface area contributed by atoms with Crippen LogP contribution in [0.5, 0.6) is 5.75 Å². The van der Waals surface area contributed by atoms with E-state index in [1.165, 1.54) is 30.3 Å². The highest BCUT2D eigenvalue weighted by atomic mass is 19.1. The van der Waals surface area contributed by atoms with Crippen LogP contribution in [0.3, 0.4) is 0 Å². The van der Waals surface area contributed by atoms with Gasteiger partial charge in [-0.3, -0.25) is 0 Å². The molecule has 3 aromatic rings. The van der Waals surface area contributed by atoms with Gasteiger partial charge in [0.25, 0.3) is 0 Å². The molecule has 146 valence electrons. The van der Waals surface area contributed by atoms with Gasteiger partial charge in [-0.25, -0.2) is 14.0 Å². The first kappa shape index (κ1) is 19.6. The fraction of sp³-hybridized carbons (Fsp3) is 0.273. The summed E-state index contributed by atoms with van der Waals surface area (Å²) in [5.74, 6) is -0.654. The first-order chi connectivity index (χ1) is 13.3. The molecule has 1 aromatic heterocycles. The Balaban J connectivity index is 1.76. The van der Waals surface area contributed by atoms with Gasteiger partial charge < -0.3 is 13.9 Å². The average molecular weight is 384 g/mol. The minimum Gasteiger partial charge on any atom is -0.476 e. The van der Waals surface area contributed by atoms with Crippen LogP contribution in [0.2, 0.25) is 0 Å². The van der Waals surface area contributed by atoms with Crippen LogP contribution in [0.15, 0.2) is 57.7 Å². The molecule has 5 nitrogen and oxygen atoms in total. The van der Waals surface area contributed by atoms with Gasteiger partial charge in [0.05, 0.1) is 0 Å². The predicted molar refractivity (Wildman–Crippen MR) is 103 cm³/mol. The highest BCUT2D eigenvalue weighted by Gasteiger charge is 2.32. The largest absolute Gasteiger partial charge is 0.476 e. The summed E-state index contributed by atoms with van der Waals surface area (Å²) < 4.78 is 29.3. The van der Waals surface area contributed by atoms with E-state index in [0.717, 1.165) is 12.0 Å². The van der Waals surface area contributed by atoms with Crippen molar-refractivity contribution in [3.05, 3.63) is 75.9 Å². The van der Waals surface area contributed by atoms with Crippen LogP contribution >= 0.6 is 0 Å². The first-order valence-corrected chi connectivity index (χ1v) is 8.96. The zero-order valence-electron chi connectivity index (χ0n) is 16.0. The summed E-state index contributed by atoms with van der Waals surface area (Å²) in [6.07, 6.45) is 0.813. The fourth-order valence-electron chi connectivity index (χ4n) is 2.77. The van der Waals surface area contributed by atoms with Crippen molar-refractivity contribution < 1.29 is 23.1 Å². The van der Waals surface area contributed by atoms with Gasteiger partial charge >= 0.3 is 11.6 Å². The number of carbonyl (C=O) groups excluding carboxylic acids is 1. The molecule has 0 fully saturated rings. The van der Waals surface area contributed by atoms with Crippen molar-refractivity contribution in [1.29, 1.82) is 0 Å². The van der Waals surface area contributed by atoms with Gasteiger partial charge in [-0.15, -0.1) is 0 Å². The quantitative estimate of drug-likeness (QED) is 0.466. The van der Waals surface area contributed by atoms with Gasteiger partial charge in [0.2, 0.25) is 0 Å². The molecule has 0 bridgehead atoms. The van der Waals surface area contributed by atoms with Crippen molar-refractivity contribution in [2.45, 2.75) is 39.4 Å². The summed E-state index contributed by atoms with van der Waals surface area (Å²) in [5.41, 5.74) is 0.259. The van der Waals surface area contributed by atoms with Crippen molar-refractivity contribution >= 4 is 16.9 Å². The van der Waals surface area contributed by atoms with E-state index in [0.29, 0.717) is 22.3 Å². The van der Waals surface area contributed by atoms with Crippen molar-refractivity contribution in [2.24, 2.45) is 0 Å². The number of benzene rings is 2. The van der Waals surface area contributed by atoms with Crippen LogP contribution in [0, 0.1) is 5.82 Å². The molecule has 6 heteroatoms. The van der Waals surface area contributed by atoms with Gasteiger partial charge in [-0.2, -0.15) is 0 Å². The Morgan fingerprint density at radius 1 is 1.11 bits per heavy atom. The summed E-state index contributed by atoms with van der Waals surface area (Å²) in [7, 11) is 0.